The van der Waals surface area contributed by atoms with Gasteiger partial charge in [-0.2, -0.15) is 10.1 Å². The van der Waals surface area contributed by atoms with Crippen LogP contribution >= 0.6 is 23.2 Å². The Hall–Kier alpha value is -3.23. The minimum atomic E-state index is -0.504. The highest BCUT2D eigenvalue weighted by Crippen LogP contribution is 2.39. The maximum absolute atomic E-state index is 13.5. The number of hydrogen-bond donors (Lipinski definition) is 2. The van der Waals surface area contributed by atoms with Crippen LogP contribution < -0.4 is 20.1 Å². The zero-order valence-corrected chi connectivity index (χ0v) is 18.5. The highest BCUT2D eigenvalue weighted by Gasteiger charge is 2.33. The monoisotopic (exact) mass is 459 g/mol. The third-order valence-electron chi connectivity index (χ3n) is 4.95. The van der Waals surface area contributed by atoms with E-state index < -0.39 is 6.04 Å². The van der Waals surface area contributed by atoms with Crippen molar-refractivity contribution in [1.82, 2.24) is 14.8 Å². The topological polar surface area (TPSA) is 90.3 Å². The summed E-state index contributed by atoms with van der Waals surface area (Å²) in [6.07, 6.45) is 1.44. The van der Waals surface area contributed by atoms with E-state index in [4.69, 9.17) is 32.7 Å². The third kappa shape index (κ3) is 3.92. The Balaban J connectivity index is 1.76. The molecular formula is C21H19Cl2N5O3. The van der Waals surface area contributed by atoms with Crippen LogP contribution in [0.2, 0.25) is 10.0 Å². The maximum atomic E-state index is 13.5. The number of anilines is 2. The van der Waals surface area contributed by atoms with E-state index in [0.717, 1.165) is 5.56 Å². The molecule has 1 atom stereocenters. The number of amides is 1. The molecule has 10 heteroatoms. The second kappa shape index (κ2) is 8.49. The number of methoxy groups -OCH3 is 2. The summed E-state index contributed by atoms with van der Waals surface area (Å²) in [7, 11) is 3.00. The molecule has 0 aliphatic carbocycles. The molecular weight excluding hydrogens is 441 g/mol. The summed E-state index contributed by atoms with van der Waals surface area (Å²) in [5.41, 5.74) is 2.38. The van der Waals surface area contributed by atoms with Crippen LogP contribution in [0.3, 0.4) is 0 Å². The number of nitrogens with zero attached hydrogens (tertiary/aromatic N) is 3. The Bertz CT molecular complexity index is 1170. The first-order valence-electron chi connectivity index (χ1n) is 9.28. The number of fused-ring (bicyclic) bond motifs is 1. The van der Waals surface area contributed by atoms with Crippen molar-refractivity contribution in [3.63, 3.8) is 0 Å². The van der Waals surface area contributed by atoms with Crippen molar-refractivity contribution < 1.29 is 14.3 Å². The first-order valence-corrected chi connectivity index (χ1v) is 10.0. The molecule has 2 heterocycles. The largest absolute Gasteiger partial charge is 0.495 e. The fraction of sp³-hybridized carbons (Fsp3) is 0.190. The van der Waals surface area contributed by atoms with Gasteiger partial charge in [-0.3, -0.25) is 4.79 Å². The predicted molar refractivity (Wildman–Crippen MR) is 119 cm³/mol. The minimum absolute atomic E-state index is 0.339. The third-order valence-corrected chi connectivity index (χ3v) is 5.49. The number of ether oxygens (including phenoxy) is 2. The molecule has 4 rings (SSSR count). The number of carbonyl (C=O) groups is 1. The molecule has 0 saturated carbocycles. The highest BCUT2D eigenvalue weighted by atomic mass is 35.5. The van der Waals surface area contributed by atoms with E-state index in [0.29, 0.717) is 44.5 Å². The summed E-state index contributed by atoms with van der Waals surface area (Å²) >= 11 is 12.2. The summed E-state index contributed by atoms with van der Waals surface area (Å²) in [6, 6.07) is 9.95. The molecule has 160 valence electrons. The number of hydrogen-bond acceptors (Lipinski definition) is 6. The van der Waals surface area contributed by atoms with E-state index >= 15 is 0 Å². The van der Waals surface area contributed by atoms with Crippen molar-refractivity contribution in [2.24, 2.45) is 0 Å². The van der Waals surface area contributed by atoms with Gasteiger partial charge in [-0.1, -0.05) is 35.3 Å². The Labute approximate surface area is 188 Å². The van der Waals surface area contributed by atoms with Gasteiger partial charge in [-0.05, 0) is 24.6 Å². The Morgan fingerprint density at radius 2 is 1.84 bits per heavy atom. The molecule has 1 aliphatic heterocycles. The quantitative estimate of drug-likeness (QED) is 0.582. The van der Waals surface area contributed by atoms with Crippen LogP contribution in [0.5, 0.6) is 11.5 Å². The zero-order chi connectivity index (χ0) is 22.1. The van der Waals surface area contributed by atoms with E-state index in [9.17, 15) is 4.79 Å². The molecule has 1 amide bonds. The van der Waals surface area contributed by atoms with E-state index in [1.165, 1.54) is 20.5 Å². The van der Waals surface area contributed by atoms with Gasteiger partial charge in [0.1, 0.15) is 23.9 Å². The number of nitrogens with one attached hydrogen (secondary N) is 2. The van der Waals surface area contributed by atoms with Gasteiger partial charge in [0.2, 0.25) is 5.95 Å². The second-order valence-electron chi connectivity index (χ2n) is 6.79. The molecule has 1 aromatic heterocycles. The van der Waals surface area contributed by atoms with Crippen LogP contribution in [0.1, 0.15) is 18.5 Å². The van der Waals surface area contributed by atoms with Crippen molar-refractivity contribution in [3.8, 4) is 11.5 Å². The molecule has 8 nitrogen and oxygen atoms in total. The van der Waals surface area contributed by atoms with Crippen LogP contribution in [0, 0.1) is 0 Å². The highest BCUT2D eigenvalue weighted by molar-refractivity contribution is 6.32. The summed E-state index contributed by atoms with van der Waals surface area (Å²) in [4.78, 5) is 17.7. The van der Waals surface area contributed by atoms with E-state index in [-0.39, 0.29) is 5.91 Å². The Morgan fingerprint density at radius 3 is 2.52 bits per heavy atom. The van der Waals surface area contributed by atoms with Gasteiger partial charge in [0.25, 0.3) is 5.91 Å². The number of aromatic nitrogens is 3. The van der Waals surface area contributed by atoms with Gasteiger partial charge in [0.15, 0.2) is 0 Å². The maximum Gasteiger partial charge on any atom is 0.255 e. The lowest BCUT2D eigenvalue weighted by Gasteiger charge is -2.29. The van der Waals surface area contributed by atoms with E-state index in [1.54, 1.807) is 28.9 Å². The van der Waals surface area contributed by atoms with Crippen LogP contribution in [0.4, 0.5) is 11.6 Å². The zero-order valence-electron chi connectivity index (χ0n) is 16.9. The molecule has 0 unspecified atom stereocenters. The van der Waals surface area contributed by atoms with Crippen LogP contribution in [0.15, 0.2) is 54.0 Å². The van der Waals surface area contributed by atoms with Gasteiger partial charge >= 0.3 is 0 Å². The number of carbonyl (C=O) groups excluding carboxylic acids is 1. The lowest BCUT2D eigenvalue weighted by Crippen LogP contribution is -2.31. The Kier molecular flexibility index (Phi) is 5.75. The molecule has 31 heavy (non-hydrogen) atoms. The summed E-state index contributed by atoms with van der Waals surface area (Å²) in [5.74, 6) is 1.03. The molecule has 2 aromatic carbocycles. The number of rotatable bonds is 5. The molecule has 0 spiro atoms. The number of benzene rings is 2. The van der Waals surface area contributed by atoms with Crippen molar-refractivity contribution in [1.29, 1.82) is 0 Å². The average molecular weight is 460 g/mol. The number of allylic oxidation sites excluding steroid dienone is 1. The second-order valence-corrected chi connectivity index (χ2v) is 7.63. The lowest BCUT2D eigenvalue weighted by molar-refractivity contribution is -0.113. The van der Waals surface area contributed by atoms with E-state index in [1.807, 2.05) is 19.1 Å². The van der Waals surface area contributed by atoms with Gasteiger partial charge in [-0.15, -0.1) is 0 Å². The van der Waals surface area contributed by atoms with Crippen molar-refractivity contribution in [2.75, 3.05) is 24.9 Å². The first kappa shape index (κ1) is 21.0. The molecule has 0 saturated heterocycles. The van der Waals surface area contributed by atoms with Gasteiger partial charge in [-0.25, -0.2) is 4.68 Å². The predicted octanol–water partition coefficient (Wildman–Crippen LogP) is 4.53. The van der Waals surface area contributed by atoms with Crippen molar-refractivity contribution in [2.45, 2.75) is 13.0 Å². The Morgan fingerprint density at radius 1 is 1.13 bits per heavy atom. The van der Waals surface area contributed by atoms with Crippen LogP contribution in [-0.4, -0.2) is 34.9 Å². The molecule has 0 bridgehead atoms. The summed E-state index contributed by atoms with van der Waals surface area (Å²) in [5, 5.41) is 11.3. The lowest BCUT2D eigenvalue weighted by atomic mass is 9.95. The number of halogens is 2. The SMILES string of the molecule is COc1cc(NC(=O)C2=C(C)Nc3ncnn3[C@H]2c2ccc(Cl)cc2)c(OC)cc1Cl. The van der Waals surface area contributed by atoms with Crippen LogP contribution in [0.25, 0.3) is 0 Å². The normalized spacial score (nSPS) is 15.2. The molecule has 3 aromatic rings. The fourth-order valence-corrected chi connectivity index (χ4v) is 3.84. The fourth-order valence-electron chi connectivity index (χ4n) is 3.49. The van der Waals surface area contributed by atoms with Crippen LogP contribution in [-0.2, 0) is 4.79 Å². The van der Waals surface area contributed by atoms with Gasteiger partial charge in [0, 0.05) is 22.9 Å². The molecule has 1 aliphatic rings. The first-order chi connectivity index (χ1) is 14.9. The standard InChI is InChI=1S/C21H19Cl2N5O3/c1-11-18(20(29)27-15-9-16(30-2)14(23)8-17(15)31-3)19(12-4-6-13(22)7-5-12)28-21(26-11)24-10-25-28/h4-10,19H,1-3H3,(H,27,29)(H,24,25,26)/t19-/m0/s1. The van der Waals surface area contributed by atoms with E-state index in [2.05, 4.69) is 20.7 Å². The molecule has 2 N–H and O–H groups in total. The summed E-state index contributed by atoms with van der Waals surface area (Å²) in [6.45, 7) is 1.82. The molecule has 0 radical (unpaired) electrons. The minimum Gasteiger partial charge on any atom is -0.495 e. The van der Waals surface area contributed by atoms with Crippen molar-refractivity contribution in [3.05, 3.63) is 69.6 Å². The van der Waals surface area contributed by atoms with Crippen molar-refractivity contribution >= 4 is 40.7 Å². The molecule has 0 fully saturated rings. The van der Waals surface area contributed by atoms with Gasteiger partial charge < -0.3 is 20.1 Å². The summed E-state index contributed by atoms with van der Waals surface area (Å²) < 4.78 is 12.3. The smallest absolute Gasteiger partial charge is 0.255 e. The average Bonchev–Trinajstić information content (AvgIpc) is 3.22. The van der Waals surface area contributed by atoms with Gasteiger partial charge in [0.05, 0.1) is 30.5 Å².